The van der Waals surface area contributed by atoms with Gasteiger partial charge in [0.15, 0.2) is 5.96 Å². The lowest BCUT2D eigenvalue weighted by molar-refractivity contribution is 0.235. The van der Waals surface area contributed by atoms with Crippen molar-refractivity contribution in [3.63, 3.8) is 0 Å². The van der Waals surface area contributed by atoms with E-state index in [1.54, 1.807) is 0 Å². The average molecular weight is 377 g/mol. The third-order valence-corrected chi connectivity index (χ3v) is 5.07. The molecule has 28 heavy (non-hydrogen) atoms. The molecule has 0 spiro atoms. The quantitative estimate of drug-likeness (QED) is 0.462. The van der Waals surface area contributed by atoms with Crippen LogP contribution in [0.3, 0.4) is 0 Å². The lowest BCUT2D eigenvalue weighted by Gasteiger charge is -2.18. The van der Waals surface area contributed by atoms with Crippen LogP contribution in [-0.4, -0.2) is 38.2 Å². The van der Waals surface area contributed by atoms with E-state index in [1.807, 2.05) is 12.1 Å². The normalized spacial score (nSPS) is 18.1. The molecule has 146 valence electrons. The Morgan fingerprint density at radius 1 is 1.11 bits per heavy atom. The highest BCUT2D eigenvalue weighted by atomic mass is 16.5. The highest BCUT2D eigenvalue weighted by Gasteiger charge is 2.22. The van der Waals surface area contributed by atoms with E-state index >= 15 is 0 Å². The SMILES string of the molecule is CCNC(=NCc1cccc(N2CC=CC2)c1)NCC1Cc2ccccc2O1. The van der Waals surface area contributed by atoms with Crippen LogP contribution in [-0.2, 0) is 13.0 Å². The second-order valence-corrected chi connectivity index (χ2v) is 7.17. The van der Waals surface area contributed by atoms with E-state index in [0.29, 0.717) is 6.54 Å². The van der Waals surface area contributed by atoms with E-state index in [9.17, 15) is 0 Å². The summed E-state index contributed by atoms with van der Waals surface area (Å²) in [5.41, 5.74) is 3.75. The second kappa shape index (κ2) is 8.83. The van der Waals surface area contributed by atoms with Gasteiger partial charge in [-0.3, -0.25) is 0 Å². The first-order chi connectivity index (χ1) is 13.8. The molecular formula is C23H28N4O. The highest BCUT2D eigenvalue weighted by Crippen LogP contribution is 2.27. The zero-order valence-corrected chi connectivity index (χ0v) is 16.4. The number of nitrogens with one attached hydrogen (secondary N) is 2. The molecule has 5 heteroatoms. The van der Waals surface area contributed by atoms with Crippen molar-refractivity contribution in [2.75, 3.05) is 31.1 Å². The first-order valence-corrected chi connectivity index (χ1v) is 10.1. The van der Waals surface area contributed by atoms with Crippen LogP contribution >= 0.6 is 0 Å². The van der Waals surface area contributed by atoms with Crippen molar-refractivity contribution >= 4 is 11.6 Å². The lowest BCUT2D eigenvalue weighted by Crippen LogP contribution is -2.42. The monoisotopic (exact) mass is 376 g/mol. The third kappa shape index (κ3) is 4.47. The van der Waals surface area contributed by atoms with E-state index < -0.39 is 0 Å². The number of guanidine groups is 1. The van der Waals surface area contributed by atoms with Crippen LogP contribution in [0.4, 0.5) is 5.69 Å². The average Bonchev–Trinajstić information content (AvgIpc) is 3.40. The van der Waals surface area contributed by atoms with Crippen LogP contribution < -0.4 is 20.3 Å². The summed E-state index contributed by atoms with van der Waals surface area (Å²) in [7, 11) is 0. The Hall–Kier alpha value is -2.95. The summed E-state index contributed by atoms with van der Waals surface area (Å²) < 4.78 is 6.01. The number of aliphatic imine (C=N–C) groups is 1. The first-order valence-electron chi connectivity index (χ1n) is 10.1. The maximum absolute atomic E-state index is 6.01. The van der Waals surface area contributed by atoms with Crippen LogP contribution in [0.15, 0.2) is 65.7 Å². The molecule has 0 fully saturated rings. The van der Waals surface area contributed by atoms with Crippen LogP contribution in [0.2, 0.25) is 0 Å². The Morgan fingerprint density at radius 3 is 2.79 bits per heavy atom. The van der Waals surface area contributed by atoms with Crippen molar-refractivity contribution in [2.24, 2.45) is 4.99 Å². The topological polar surface area (TPSA) is 48.9 Å². The van der Waals surface area contributed by atoms with Crippen LogP contribution in [0.25, 0.3) is 0 Å². The van der Waals surface area contributed by atoms with Gasteiger partial charge in [-0.05, 0) is 36.2 Å². The van der Waals surface area contributed by atoms with E-state index in [1.165, 1.54) is 16.8 Å². The number of rotatable bonds is 6. The second-order valence-electron chi connectivity index (χ2n) is 7.17. The molecule has 0 radical (unpaired) electrons. The summed E-state index contributed by atoms with van der Waals surface area (Å²) in [5.74, 6) is 1.83. The van der Waals surface area contributed by atoms with Gasteiger partial charge in [0.1, 0.15) is 11.9 Å². The molecule has 2 aromatic rings. The van der Waals surface area contributed by atoms with Gasteiger partial charge in [0.25, 0.3) is 0 Å². The molecule has 2 aromatic carbocycles. The van der Waals surface area contributed by atoms with Gasteiger partial charge in [-0.2, -0.15) is 0 Å². The number of hydrogen-bond acceptors (Lipinski definition) is 3. The lowest BCUT2D eigenvalue weighted by atomic mass is 10.1. The van der Waals surface area contributed by atoms with Crippen molar-refractivity contribution in [1.29, 1.82) is 0 Å². The zero-order valence-electron chi connectivity index (χ0n) is 16.4. The molecule has 4 rings (SSSR count). The fraction of sp³-hybridized carbons (Fsp3) is 0.348. The smallest absolute Gasteiger partial charge is 0.191 e. The number of hydrogen-bond donors (Lipinski definition) is 2. The minimum Gasteiger partial charge on any atom is -0.488 e. The first kappa shape index (κ1) is 18.4. The molecule has 0 aliphatic carbocycles. The molecule has 0 bridgehead atoms. The molecule has 2 heterocycles. The number of ether oxygens (including phenoxy) is 1. The number of benzene rings is 2. The predicted octanol–water partition coefficient (Wildman–Crippen LogP) is 3.12. The number of anilines is 1. The Kier molecular flexibility index (Phi) is 5.80. The van der Waals surface area contributed by atoms with Gasteiger partial charge in [-0.15, -0.1) is 0 Å². The Labute approximate surface area is 167 Å². The summed E-state index contributed by atoms with van der Waals surface area (Å²) in [6.45, 7) is 6.27. The Morgan fingerprint density at radius 2 is 1.96 bits per heavy atom. The molecule has 2 aliphatic rings. The van der Waals surface area contributed by atoms with E-state index in [2.05, 4.69) is 71.0 Å². The fourth-order valence-corrected chi connectivity index (χ4v) is 3.63. The molecule has 5 nitrogen and oxygen atoms in total. The highest BCUT2D eigenvalue weighted by molar-refractivity contribution is 5.79. The molecule has 1 unspecified atom stereocenters. The van der Waals surface area contributed by atoms with Crippen LogP contribution in [0.1, 0.15) is 18.1 Å². The van der Waals surface area contributed by atoms with E-state index in [4.69, 9.17) is 9.73 Å². The van der Waals surface area contributed by atoms with Crippen molar-refractivity contribution in [3.8, 4) is 5.75 Å². The summed E-state index contributed by atoms with van der Waals surface area (Å²) in [5, 5.41) is 6.76. The third-order valence-electron chi connectivity index (χ3n) is 5.07. The van der Waals surface area contributed by atoms with Crippen molar-refractivity contribution < 1.29 is 4.74 Å². The molecule has 0 saturated carbocycles. The van der Waals surface area contributed by atoms with E-state index in [-0.39, 0.29) is 6.10 Å². The Balaban J connectivity index is 1.34. The van der Waals surface area contributed by atoms with Gasteiger partial charge >= 0.3 is 0 Å². The minimum absolute atomic E-state index is 0.146. The molecular weight excluding hydrogens is 348 g/mol. The van der Waals surface area contributed by atoms with Gasteiger partial charge < -0.3 is 20.3 Å². The summed E-state index contributed by atoms with van der Waals surface area (Å²) in [4.78, 5) is 7.12. The minimum atomic E-state index is 0.146. The van der Waals surface area contributed by atoms with Gasteiger partial charge in [-0.25, -0.2) is 4.99 Å². The molecule has 2 aliphatic heterocycles. The van der Waals surface area contributed by atoms with Gasteiger partial charge in [0, 0.05) is 31.7 Å². The number of fused-ring (bicyclic) bond motifs is 1. The fourth-order valence-electron chi connectivity index (χ4n) is 3.63. The summed E-state index contributed by atoms with van der Waals surface area (Å²) >= 11 is 0. The van der Waals surface area contributed by atoms with Crippen LogP contribution in [0, 0.1) is 0 Å². The van der Waals surface area contributed by atoms with Crippen molar-refractivity contribution in [3.05, 3.63) is 71.8 Å². The standard InChI is InChI=1S/C23H28N4O/c1-2-24-23(26-17-21-15-19-9-3-4-11-22(19)28-21)25-16-18-8-7-10-20(14-18)27-12-5-6-13-27/h3-11,14,21H,2,12-13,15-17H2,1H3,(H2,24,25,26). The maximum Gasteiger partial charge on any atom is 0.191 e. The molecule has 0 saturated heterocycles. The molecule has 1 atom stereocenters. The van der Waals surface area contributed by atoms with E-state index in [0.717, 1.165) is 44.3 Å². The van der Waals surface area contributed by atoms with Gasteiger partial charge in [0.05, 0.1) is 13.1 Å². The zero-order chi connectivity index (χ0) is 19.2. The number of para-hydroxylation sites is 1. The number of nitrogens with zero attached hydrogens (tertiary/aromatic N) is 2. The van der Waals surface area contributed by atoms with Gasteiger partial charge in [-0.1, -0.05) is 42.5 Å². The maximum atomic E-state index is 6.01. The van der Waals surface area contributed by atoms with Crippen molar-refractivity contribution in [2.45, 2.75) is 26.0 Å². The Bertz CT molecular complexity index is 828. The summed E-state index contributed by atoms with van der Waals surface area (Å²) in [6.07, 6.45) is 5.50. The van der Waals surface area contributed by atoms with Gasteiger partial charge in [0.2, 0.25) is 0 Å². The molecule has 2 N–H and O–H groups in total. The predicted molar refractivity (Wildman–Crippen MR) is 115 cm³/mol. The van der Waals surface area contributed by atoms with Crippen molar-refractivity contribution in [1.82, 2.24) is 10.6 Å². The largest absolute Gasteiger partial charge is 0.488 e. The molecule has 0 aromatic heterocycles. The van der Waals surface area contributed by atoms with Crippen LogP contribution in [0.5, 0.6) is 5.75 Å². The summed E-state index contributed by atoms with van der Waals surface area (Å²) in [6, 6.07) is 16.9. The molecule has 0 amide bonds.